The molecule has 0 N–H and O–H groups in total. The molecular weight excluding hydrogens is 306 g/mol. The van der Waals surface area contributed by atoms with Gasteiger partial charge in [-0.2, -0.15) is 5.26 Å². The van der Waals surface area contributed by atoms with Gasteiger partial charge in [-0.25, -0.2) is 4.98 Å². The molecule has 2 fully saturated rings. The van der Waals surface area contributed by atoms with Crippen molar-refractivity contribution in [3.05, 3.63) is 29.3 Å². The number of benzene rings is 1. The number of para-hydroxylation sites is 1. The Morgan fingerprint density at radius 1 is 1.30 bits per heavy atom. The van der Waals surface area contributed by atoms with E-state index in [0.29, 0.717) is 5.92 Å². The maximum absolute atomic E-state index is 12.6. The number of rotatable bonds is 2. The second-order valence-electron chi connectivity index (χ2n) is 6.63. The predicted octanol–water partition coefficient (Wildman–Crippen LogP) is 3.70. The molecular formula is C18H19N3OS. The Bertz CT molecular complexity index is 746. The number of carbonyl (C=O) groups excluding carboxylic acids is 1. The molecule has 2 aromatic rings. The number of piperidine rings is 1. The number of likely N-dealkylation sites (tertiary alicyclic amines) is 1. The van der Waals surface area contributed by atoms with Crippen molar-refractivity contribution in [2.24, 2.45) is 5.41 Å². The summed E-state index contributed by atoms with van der Waals surface area (Å²) in [6.07, 6.45) is 4.38. The van der Waals surface area contributed by atoms with Crippen molar-refractivity contribution in [3.8, 4) is 6.07 Å². The Morgan fingerprint density at radius 2 is 2.04 bits per heavy atom. The van der Waals surface area contributed by atoms with Crippen molar-refractivity contribution in [1.82, 2.24) is 9.88 Å². The Hall–Kier alpha value is -1.93. The molecule has 5 heteroatoms. The van der Waals surface area contributed by atoms with E-state index in [1.165, 1.54) is 9.71 Å². The van der Waals surface area contributed by atoms with Crippen LogP contribution in [0.15, 0.2) is 24.3 Å². The zero-order chi connectivity index (χ0) is 15.9. The molecule has 0 bridgehead atoms. The van der Waals surface area contributed by atoms with Gasteiger partial charge in [0.05, 0.1) is 21.3 Å². The summed E-state index contributed by atoms with van der Waals surface area (Å²) in [5, 5.41) is 10.5. The number of nitrogens with zero attached hydrogens (tertiary/aromatic N) is 3. The summed E-state index contributed by atoms with van der Waals surface area (Å²) < 4.78 is 1.24. The van der Waals surface area contributed by atoms with Gasteiger partial charge in [-0.15, -0.1) is 11.3 Å². The van der Waals surface area contributed by atoms with Crippen LogP contribution in [0.25, 0.3) is 10.2 Å². The second-order valence-corrected chi connectivity index (χ2v) is 7.70. The van der Waals surface area contributed by atoms with Crippen LogP contribution in [0.1, 0.15) is 43.0 Å². The fraction of sp³-hybridized carbons (Fsp3) is 0.500. The van der Waals surface area contributed by atoms with Crippen LogP contribution in [-0.4, -0.2) is 28.9 Å². The minimum atomic E-state index is -0.706. The smallest absolute Gasteiger partial charge is 0.243 e. The van der Waals surface area contributed by atoms with Crippen LogP contribution in [0.3, 0.4) is 0 Å². The lowest BCUT2D eigenvalue weighted by Crippen LogP contribution is -2.49. The third kappa shape index (κ3) is 2.42. The second kappa shape index (κ2) is 5.61. The van der Waals surface area contributed by atoms with Crippen LogP contribution in [-0.2, 0) is 4.79 Å². The summed E-state index contributed by atoms with van der Waals surface area (Å²) in [7, 11) is 0. The van der Waals surface area contributed by atoms with Gasteiger partial charge in [0.25, 0.3) is 0 Å². The molecule has 1 aromatic heterocycles. The standard InChI is InChI=1S/C18H19N3OS/c19-12-18(8-3-9-18)17(22)21-10-6-13(7-11-21)16-20-14-4-1-2-5-15(14)23-16/h1-2,4-5,13H,3,6-11H2. The molecule has 1 aliphatic heterocycles. The Morgan fingerprint density at radius 3 is 2.65 bits per heavy atom. The van der Waals surface area contributed by atoms with E-state index in [2.05, 4.69) is 18.2 Å². The zero-order valence-corrected chi connectivity index (χ0v) is 13.8. The van der Waals surface area contributed by atoms with Gasteiger partial charge >= 0.3 is 0 Å². The van der Waals surface area contributed by atoms with E-state index >= 15 is 0 Å². The monoisotopic (exact) mass is 325 g/mol. The lowest BCUT2D eigenvalue weighted by Gasteiger charge is -2.40. The molecule has 2 heterocycles. The van der Waals surface area contributed by atoms with Crippen molar-refractivity contribution in [2.45, 2.75) is 38.0 Å². The van der Waals surface area contributed by atoms with E-state index in [9.17, 15) is 10.1 Å². The van der Waals surface area contributed by atoms with Crippen molar-refractivity contribution >= 4 is 27.5 Å². The fourth-order valence-corrected chi connectivity index (χ4v) is 4.74. The van der Waals surface area contributed by atoms with Crippen LogP contribution in [0.4, 0.5) is 0 Å². The number of hydrogen-bond donors (Lipinski definition) is 0. The Labute approximate surface area is 139 Å². The maximum Gasteiger partial charge on any atom is 0.243 e. The van der Waals surface area contributed by atoms with Crippen LogP contribution < -0.4 is 0 Å². The SMILES string of the molecule is N#CC1(C(=O)N2CCC(c3nc4ccccc4s3)CC2)CCC1. The van der Waals surface area contributed by atoms with Crippen LogP contribution >= 0.6 is 11.3 Å². The predicted molar refractivity (Wildman–Crippen MR) is 90.1 cm³/mol. The summed E-state index contributed by atoms with van der Waals surface area (Å²) >= 11 is 1.77. The largest absolute Gasteiger partial charge is 0.341 e. The third-order valence-corrected chi connectivity index (χ3v) is 6.47. The molecule has 1 saturated heterocycles. The summed E-state index contributed by atoms with van der Waals surface area (Å²) in [5.74, 6) is 0.505. The summed E-state index contributed by atoms with van der Waals surface area (Å²) in [4.78, 5) is 19.3. The molecule has 0 unspecified atom stereocenters. The molecule has 4 nitrogen and oxygen atoms in total. The first-order chi connectivity index (χ1) is 11.2. The molecule has 0 radical (unpaired) electrons. The van der Waals surface area contributed by atoms with E-state index in [-0.39, 0.29) is 5.91 Å². The van der Waals surface area contributed by atoms with E-state index in [0.717, 1.165) is 50.7 Å². The number of hydrogen-bond acceptors (Lipinski definition) is 4. The highest BCUT2D eigenvalue weighted by Crippen LogP contribution is 2.43. The van der Waals surface area contributed by atoms with E-state index in [4.69, 9.17) is 4.98 Å². The molecule has 1 aromatic carbocycles. The van der Waals surface area contributed by atoms with Gasteiger partial charge in [0.15, 0.2) is 0 Å². The van der Waals surface area contributed by atoms with E-state index in [1.807, 2.05) is 17.0 Å². The molecule has 1 saturated carbocycles. The van der Waals surface area contributed by atoms with Gasteiger partial charge in [-0.1, -0.05) is 12.1 Å². The molecule has 4 rings (SSSR count). The van der Waals surface area contributed by atoms with Crippen molar-refractivity contribution in [1.29, 1.82) is 5.26 Å². The number of nitriles is 1. The Balaban J connectivity index is 1.45. The number of carbonyl (C=O) groups is 1. The first-order valence-electron chi connectivity index (χ1n) is 8.28. The topological polar surface area (TPSA) is 57.0 Å². The summed E-state index contributed by atoms with van der Waals surface area (Å²) in [6, 6.07) is 10.5. The molecule has 1 aliphatic carbocycles. The van der Waals surface area contributed by atoms with Crippen molar-refractivity contribution in [3.63, 3.8) is 0 Å². The number of thiazole rings is 1. The molecule has 0 spiro atoms. The molecule has 1 amide bonds. The lowest BCUT2D eigenvalue weighted by molar-refractivity contribution is -0.144. The summed E-state index contributed by atoms with van der Waals surface area (Å²) in [5.41, 5.74) is 0.367. The minimum Gasteiger partial charge on any atom is -0.341 e. The van der Waals surface area contributed by atoms with Gasteiger partial charge in [0, 0.05) is 19.0 Å². The third-order valence-electron chi connectivity index (χ3n) is 5.27. The first kappa shape index (κ1) is 14.6. The fourth-order valence-electron chi connectivity index (χ4n) is 3.60. The van der Waals surface area contributed by atoms with Crippen molar-refractivity contribution in [2.75, 3.05) is 13.1 Å². The van der Waals surface area contributed by atoms with Gasteiger partial charge in [-0.05, 0) is 44.2 Å². The summed E-state index contributed by atoms with van der Waals surface area (Å²) in [6.45, 7) is 1.51. The normalized spacial score (nSPS) is 20.9. The van der Waals surface area contributed by atoms with Gasteiger partial charge in [0.2, 0.25) is 5.91 Å². The Kier molecular flexibility index (Phi) is 3.57. The van der Waals surface area contributed by atoms with Crippen LogP contribution in [0.2, 0.25) is 0 Å². The number of aromatic nitrogens is 1. The van der Waals surface area contributed by atoms with Gasteiger partial charge in [0.1, 0.15) is 5.41 Å². The average molecular weight is 325 g/mol. The molecule has 0 atom stereocenters. The first-order valence-corrected chi connectivity index (χ1v) is 9.10. The quantitative estimate of drug-likeness (QED) is 0.846. The van der Waals surface area contributed by atoms with Crippen LogP contribution in [0, 0.1) is 16.7 Å². The lowest BCUT2D eigenvalue weighted by atomic mass is 9.68. The molecule has 2 aliphatic rings. The highest BCUT2D eigenvalue weighted by atomic mass is 32.1. The number of fused-ring (bicyclic) bond motifs is 1. The van der Waals surface area contributed by atoms with E-state index < -0.39 is 5.41 Å². The van der Waals surface area contributed by atoms with Gasteiger partial charge in [-0.3, -0.25) is 4.79 Å². The van der Waals surface area contributed by atoms with E-state index in [1.54, 1.807) is 11.3 Å². The number of amides is 1. The highest BCUT2D eigenvalue weighted by Gasteiger charge is 2.47. The molecule has 118 valence electrons. The van der Waals surface area contributed by atoms with Gasteiger partial charge < -0.3 is 4.90 Å². The van der Waals surface area contributed by atoms with Crippen molar-refractivity contribution < 1.29 is 4.79 Å². The zero-order valence-electron chi connectivity index (χ0n) is 13.0. The minimum absolute atomic E-state index is 0.0639. The molecule has 23 heavy (non-hydrogen) atoms. The van der Waals surface area contributed by atoms with Crippen LogP contribution in [0.5, 0.6) is 0 Å². The maximum atomic E-state index is 12.6. The average Bonchev–Trinajstić information content (AvgIpc) is 2.98. The highest BCUT2D eigenvalue weighted by molar-refractivity contribution is 7.18.